The van der Waals surface area contributed by atoms with Crippen LogP contribution in [0.25, 0.3) is 0 Å². The molecule has 0 spiro atoms. The Bertz CT molecular complexity index is 1090. The number of allylic oxidation sites excluding steroid dienone is 1. The van der Waals surface area contributed by atoms with E-state index in [9.17, 15) is 33.6 Å². The number of nitrogens with zero attached hydrogens (tertiary/aromatic N) is 5. The van der Waals surface area contributed by atoms with E-state index in [0.717, 1.165) is 49.1 Å². The highest BCUT2D eigenvalue weighted by Crippen LogP contribution is 2.33. The number of carbonyl (C=O) groups excluding carboxylic acids is 2. The molecule has 232 valence electrons. The van der Waals surface area contributed by atoms with Crippen molar-refractivity contribution >= 4 is 41.4 Å². The summed E-state index contributed by atoms with van der Waals surface area (Å²) in [5, 5.41) is 42.1. The highest BCUT2D eigenvalue weighted by Gasteiger charge is 2.43. The van der Waals surface area contributed by atoms with Crippen LogP contribution in [-0.4, -0.2) is 177 Å². The predicted octanol–water partition coefficient (Wildman–Crippen LogP) is -3.86. The average Bonchev–Trinajstić information content (AvgIpc) is 3.73. The number of rotatable bonds is 15. The van der Waals surface area contributed by atoms with Gasteiger partial charge in [-0.25, -0.2) is 0 Å². The van der Waals surface area contributed by atoms with Crippen molar-refractivity contribution in [1.82, 2.24) is 24.5 Å². The Morgan fingerprint density at radius 3 is 1.24 bits per heavy atom. The zero-order valence-electron chi connectivity index (χ0n) is 22.7. The van der Waals surface area contributed by atoms with Gasteiger partial charge in [-0.3, -0.25) is 43.4 Å². The van der Waals surface area contributed by atoms with Crippen LogP contribution >= 0.6 is 0 Å². The highest BCUT2D eigenvalue weighted by atomic mass is 16.4. The van der Waals surface area contributed by atoms with Gasteiger partial charge >= 0.3 is 29.8 Å². The fraction of sp³-hybridized carbons (Fsp3) is 0.542. The summed E-state index contributed by atoms with van der Waals surface area (Å²) in [6.07, 6.45) is 1.52. The molecule has 0 saturated carbocycles. The first-order valence-electron chi connectivity index (χ1n) is 12.8. The monoisotopic (exact) mass is 598 g/mol. The summed E-state index contributed by atoms with van der Waals surface area (Å²) >= 11 is 0. The molecule has 0 unspecified atom stereocenters. The lowest BCUT2D eigenvalue weighted by molar-refractivity contribution is -0.145. The SMILES string of the molecule is NCC(=O)O.O=C(O)CN(CCN(CC(=O)O)CC(=O)O)CC(=O)O.O=C1C=C(N2CC2)C(=O)C(N2CC2)=C1N1CC1. The minimum atomic E-state index is -1.23. The highest BCUT2D eigenvalue weighted by molar-refractivity contribution is 6.22. The van der Waals surface area contributed by atoms with Gasteiger partial charge in [-0.15, -0.1) is 0 Å². The van der Waals surface area contributed by atoms with Gasteiger partial charge in [0.1, 0.15) is 11.4 Å². The lowest BCUT2D eigenvalue weighted by atomic mass is 10.0. The number of Topliss-reactive ketones (excluding diaryl/α,β-unsaturated/α-hetero) is 1. The van der Waals surface area contributed by atoms with Crippen LogP contribution in [0, 0.1) is 0 Å². The minimum absolute atomic E-state index is 0.00546. The molecular formula is C24H34N6O12. The van der Waals surface area contributed by atoms with E-state index in [4.69, 9.17) is 25.5 Å². The molecule has 0 atom stereocenters. The van der Waals surface area contributed by atoms with E-state index in [0.29, 0.717) is 17.1 Å². The standard InChI is InChI=1S/C12H13N3O2.C10H16N2O8.C2H5NO2/c16-9-7-8(13-1-2-13)12(17)11(15-5-6-15)10(9)14-3-4-14;13-7(14)3-11(4-8(15)16)1-2-12(5-9(17)18)6-10(19)20;3-1-2(4)5/h7H,1-6H2;1-6H2,(H,13,14)(H,15,16)(H,17,18)(H,19,20);1,3H2,(H,4,5). The van der Waals surface area contributed by atoms with Crippen molar-refractivity contribution < 1.29 is 59.1 Å². The van der Waals surface area contributed by atoms with Crippen molar-refractivity contribution in [2.75, 3.05) is 85.1 Å². The van der Waals surface area contributed by atoms with Gasteiger partial charge in [-0.2, -0.15) is 0 Å². The number of nitrogens with two attached hydrogens (primary N) is 1. The molecule has 3 saturated heterocycles. The maximum Gasteiger partial charge on any atom is 0.317 e. The molecule has 0 aromatic rings. The molecule has 0 radical (unpaired) electrons. The first-order valence-corrected chi connectivity index (χ1v) is 12.8. The number of carboxylic acids is 5. The second kappa shape index (κ2) is 15.5. The normalized spacial score (nSPS) is 16.7. The average molecular weight is 599 g/mol. The summed E-state index contributed by atoms with van der Waals surface area (Å²) in [4.78, 5) is 84.1. The molecule has 0 aromatic carbocycles. The van der Waals surface area contributed by atoms with E-state index in [1.54, 1.807) is 0 Å². The quantitative estimate of drug-likeness (QED) is 0.0778. The van der Waals surface area contributed by atoms with Crippen LogP contribution < -0.4 is 5.73 Å². The van der Waals surface area contributed by atoms with Crippen molar-refractivity contribution in [3.63, 3.8) is 0 Å². The van der Waals surface area contributed by atoms with E-state index in [1.165, 1.54) is 6.08 Å². The van der Waals surface area contributed by atoms with Gasteiger partial charge in [0.2, 0.25) is 11.6 Å². The summed E-state index contributed by atoms with van der Waals surface area (Å²) in [6, 6.07) is 0. The van der Waals surface area contributed by atoms with Crippen molar-refractivity contribution in [1.29, 1.82) is 0 Å². The summed E-state index contributed by atoms with van der Waals surface area (Å²) in [5.74, 6) is -5.83. The maximum absolute atomic E-state index is 12.4. The molecule has 18 heteroatoms. The Morgan fingerprint density at radius 1 is 0.619 bits per heavy atom. The number of carbonyl (C=O) groups is 7. The molecule has 42 heavy (non-hydrogen) atoms. The second-order valence-corrected chi connectivity index (χ2v) is 9.48. The van der Waals surface area contributed by atoms with Crippen LogP contribution in [0.1, 0.15) is 0 Å². The number of hydrogen-bond acceptors (Lipinski definition) is 13. The Morgan fingerprint density at radius 2 is 0.952 bits per heavy atom. The van der Waals surface area contributed by atoms with Gasteiger partial charge in [0.15, 0.2) is 0 Å². The van der Waals surface area contributed by atoms with Gasteiger partial charge in [-0.05, 0) is 0 Å². The van der Waals surface area contributed by atoms with E-state index in [1.807, 2.05) is 14.7 Å². The molecule has 0 amide bonds. The molecule has 3 aliphatic heterocycles. The smallest absolute Gasteiger partial charge is 0.317 e. The van der Waals surface area contributed by atoms with Crippen LogP contribution in [0.15, 0.2) is 23.2 Å². The number of ketones is 2. The van der Waals surface area contributed by atoms with Gasteiger partial charge in [0.25, 0.3) is 0 Å². The van der Waals surface area contributed by atoms with Crippen LogP contribution in [0.5, 0.6) is 0 Å². The molecule has 3 fully saturated rings. The maximum atomic E-state index is 12.4. The van der Waals surface area contributed by atoms with Crippen LogP contribution in [0.2, 0.25) is 0 Å². The lowest BCUT2D eigenvalue weighted by Gasteiger charge is -2.23. The molecule has 1 aliphatic carbocycles. The van der Waals surface area contributed by atoms with E-state index in [2.05, 4.69) is 5.73 Å². The molecular weight excluding hydrogens is 564 g/mol. The predicted molar refractivity (Wildman–Crippen MR) is 140 cm³/mol. The van der Waals surface area contributed by atoms with Gasteiger partial charge in [0.05, 0.1) is 38.4 Å². The summed E-state index contributed by atoms with van der Waals surface area (Å²) in [6.45, 7) is 2.88. The van der Waals surface area contributed by atoms with Crippen LogP contribution in [0.4, 0.5) is 0 Å². The van der Waals surface area contributed by atoms with E-state index in [-0.39, 0.29) is 31.2 Å². The van der Waals surface area contributed by atoms with Gasteiger partial charge in [0, 0.05) is 58.4 Å². The molecule has 0 bridgehead atoms. The summed E-state index contributed by atoms with van der Waals surface area (Å²) < 4.78 is 0. The Balaban J connectivity index is 0.000000254. The third-order valence-corrected chi connectivity index (χ3v) is 5.83. The fourth-order valence-corrected chi connectivity index (χ4v) is 3.75. The van der Waals surface area contributed by atoms with Crippen molar-refractivity contribution in [2.24, 2.45) is 5.73 Å². The van der Waals surface area contributed by atoms with Crippen LogP contribution in [-0.2, 0) is 33.6 Å². The third kappa shape index (κ3) is 11.9. The third-order valence-electron chi connectivity index (χ3n) is 5.83. The fourth-order valence-electron chi connectivity index (χ4n) is 3.75. The Hall–Kier alpha value is -4.55. The second-order valence-electron chi connectivity index (χ2n) is 9.48. The first kappa shape index (κ1) is 33.7. The van der Waals surface area contributed by atoms with Crippen molar-refractivity contribution in [2.45, 2.75) is 0 Å². The number of hydrogen-bond donors (Lipinski definition) is 6. The molecule has 7 N–H and O–H groups in total. The van der Waals surface area contributed by atoms with E-state index >= 15 is 0 Å². The molecule has 18 nitrogen and oxygen atoms in total. The van der Waals surface area contributed by atoms with Crippen LogP contribution in [0.3, 0.4) is 0 Å². The van der Waals surface area contributed by atoms with E-state index < -0.39 is 56.0 Å². The Kier molecular flexibility index (Phi) is 12.4. The largest absolute Gasteiger partial charge is 0.480 e. The van der Waals surface area contributed by atoms with Crippen molar-refractivity contribution in [3.8, 4) is 0 Å². The van der Waals surface area contributed by atoms with Gasteiger partial charge < -0.3 is 46.0 Å². The topological polar surface area (TPSA) is 262 Å². The first-order chi connectivity index (χ1) is 19.7. The number of aliphatic carboxylic acids is 5. The zero-order chi connectivity index (χ0) is 31.6. The molecule has 0 aromatic heterocycles. The zero-order valence-corrected chi connectivity index (χ0v) is 22.7. The Labute approximate surface area is 239 Å². The molecule has 4 aliphatic rings. The summed E-state index contributed by atoms with van der Waals surface area (Å²) in [5.41, 5.74) is 6.46. The minimum Gasteiger partial charge on any atom is -0.480 e. The summed E-state index contributed by atoms with van der Waals surface area (Å²) in [7, 11) is 0. The molecule has 4 rings (SSSR count). The number of carboxylic acid groups (broad SMARTS) is 5. The molecule has 3 heterocycles. The lowest BCUT2D eigenvalue weighted by Crippen LogP contribution is -2.43. The van der Waals surface area contributed by atoms with Crippen molar-refractivity contribution in [3.05, 3.63) is 23.2 Å². The van der Waals surface area contributed by atoms with Gasteiger partial charge in [-0.1, -0.05) is 0 Å².